The summed E-state index contributed by atoms with van der Waals surface area (Å²) in [4.78, 5) is 2.53. The summed E-state index contributed by atoms with van der Waals surface area (Å²) < 4.78 is 5.98. The molecule has 1 aliphatic heterocycles. The van der Waals surface area contributed by atoms with Crippen molar-refractivity contribution >= 4 is 0 Å². The van der Waals surface area contributed by atoms with Gasteiger partial charge in [-0.15, -0.1) is 0 Å². The third-order valence-corrected chi connectivity index (χ3v) is 4.20. The first-order chi connectivity index (χ1) is 9.89. The lowest BCUT2D eigenvalue weighted by Gasteiger charge is -2.42. The first-order valence-electron chi connectivity index (χ1n) is 8.03. The number of morpholine rings is 1. The van der Waals surface area contributed by atoms with Crippen LogP contribution in [-0.2, 0) is 4.74 Å². The van der Waals surface area contributed by atoms with Crippen LogP contribution in [0.4, 0.5) is 0 Å². The lowest BCUT2D eigenvalue weighted by atomic mass is 10.0. The van der Waals surface area contributed by atoms with Gasteiger partial charge in [-0.2, -0.15) is 0 Å². The van der Waals surface area contributed by atoms with Crippen LogP contribution in [0.25, 0.3) is 0 Å². The van der Waals surface area contributed by atoms with Gasteiger partial charge in [-0.1, -0.05) is 29.8 Å². The topological polar surface area (TPSA) is 24.5 Å². The lowest BCUT2D eigenvalue weighted by molar-refractivity contribution is -0.129. The Kier molecular flexibility index (Phi) is 5.42. The minimum absolute atomic E-state index is 0.0311. The SMILES string of the molecule is CNC(CCN1CC(C)OC(C)(C)C1)c1ccc(C)cc1. The summed E-state index contributed by atoms with van der Waals surface area (Å²) >= 11 is 0. The molecule has 0 aromatic heterocycles. The predicted molar refractivity (Wildman–Crippen MR) is 88.7 cm³/mol. The Morgan fingerprint density at radius 2 is 2.00 bits per heavy atom. The van der Waals surface area contributed by atoms with Crippen molar-refractivity contribution in [1.29, 1.82) is 0 Å². The van der Waals surface area contributed by atoms with Crippen molar-refractivity contribution in [1.82, 2.24) is 10.2 Å². The van der Waals surface area contributed by atoms with Crippen LogP contribution in [0.3, 0.4) is 0 Å². The molecule has 1 saturated heterocycles. The number of ether oxygens (including phenoxy) is 1. The molecule has 3 nitrogen and oxygen atoms in total. The fraction of sp³-hybridized carbons (Fsp3) is 0.667. The second kappa shape index (κ2) is 6.91. The molecule has 1 heterocycles. The Morgan fingerprint density at radius 3 is 2.57 bits per heavy atom. The molecule has 0 amide bonds. The summed E-state index contributed by atoms with van der Waals surface area (Å²) in [5.41, 5.74) is 2.66. The van der Waals surface area contributed by atoms with Crippen molar-refractivity contribution in [2.75, 3.05) is 26.7 Å². The molecular weight excluding hydrogens is 260 g/mol. The van der Waals surface area contributed by atoms with Gasteiger partial charge in [0.2, 0.25) is 0 Å². The highest BCUT2D eigenvalue weighted by Gasteiger charge is 2.31. The summed E-state index contributed by atoms with van der Waals surface area (Å²) in [5.74, 6) is 0. The average Bonchev–Trinajstić information content (AvgIpc) is 2.39. The van der Waals surface area contributed by atoms with Crippen LogP contribution in [0.1, 0.15) is 44.4 Å². The highest BCUT2D eigenvalue weighted by atomic mass is 16.5. The Labute approximate surface area is 129 Å². The van der Waals surface area contributed by atoms with Crippen molar-refractivity contribution in [3.63, 3.8) is 0 Å². The van der Waals surface area contributed by atoms with E-state index in [0.717, 1.165) is 26.1 Å². The molecule has 0 saturated carbocycles. The molecule has 0 bridgehead atoms. The standard InChI is InChI=1S/C18H30N2O/c1-14-6-8-16(9-7-14)17(19-5)10-11-20-12-15(2)21-18(3,4)13-20/h6-9,15,17,19H,10-13H2,1-5H3. The van der Waals surface area contributed by atoms with Gasteiger partial charge in [-0.3, -0.25) is 4.90 Å². The molecule has 3 heteroatoms. The van der Waals surface area contributed by atoms with Crippen LogP contribution >= 0.6 is 0 Å². The molecule has 0 aliphatic carbocycles. The van der Waals surface area contributed by atoms with Gasteiger partial charge in [0, 0.05) is 25.7 Å². The number of nitrogens with one attached hydrogen (secondary N) is 1. The Bertz CT molecular complexity index is 441. The van der Waals surface area contributed by atoms with E-state index in [1.54, 1.807) is 0 Å². The molecule has 2 unspecified atom stereocenters. The summed E-state index contributed by atoms with van der Waals surface area (Å²) in [6.07, 6.45) is 1.45. The van der Waals surface area contributed by atoms with E-state index in [2.05, 4.69) is 69.2 Å². The molecule has 1 aromatic carbocycles. The van der Waals surface area contributed by atoms with E-state index >= 15 is 0 Å². The number of hydrogen-bond donors (Lipinski definition) is 1. The Hall–Kier alpha value is -0.900. The summed E-state index contributed by atoms with van der Waals surface area (Å²) in [5, 5.41) is 3.45. The van der Waals surface area contributed by atoms with Crippen LogP contribution in [-0.4, -0.2) is 43.3 Å². The summed E-state index contributed by atoms with van der Waals surface area (Å²) in [6.45, 7) is 11.8. The maximum absolute atomic E-state index is 5.98. The zero-order chi connectivity index (χ0) is 15.5. The van der Waals surface area contributed by atoms with E-state index in [1.807, 2.05) is 0 Å². The van der Waals surface area contributed by atoms with Gasteiger partial charge in [-0.05, 0) is 46.7 Å². The number of nitrogens with zero attached hydrogens (tertiary/aromatic N) is 1. The highest BCUT2D eigenvalue weighted by molar-refractivity contribution is 5.24. The monoisotopic (exact) mass is 290 g/mol. The van der Waals surface area contributed by atoms with Gasteiger partial charge in [0.1, 0.15) is 0 Å². The van der Waals surface area contributed by atoms with Crippen molar-refractivity contribution in [3.05, 3.63) is 35.4 Å². The van der Waals surface area contributed by atoms with Gasteiger partial charge in [0.05, 0.1) is 11.7 Å². The third-order valence-electron chi connectivity index (χ3n) is 4.20. The van der Waals surface area contributed by atoms with Gasteiger partial charge >= 0.3 is 0 Å². The molecule has 1 aliphatic rings. The smallest absolute Gasteiger partial charge is 0.0757 e. The molecule has 118 valence electrons. The quantitative estimate of drug-likeness (QED) is 0.901. The second-order valence-electron chi connectivity index (χ2n) is 6.96. The minimum atomic E-state index is -0.0311. The number of rotatable bonds is 5. The van der Waals surface area contributed by atoms with E-state index in [-0.39, 0.29) is 5.60 Å². The molecule has 1 N–H and O–H groups in total. The van der Waals surface area contributed by atoms with Gasteiger partial charge in [0.15, 0.2) is 0 Å². The van der Waals surface area contributed by atoms with Crippen molar-refractivity contribution in [2.45, 2.75) is 51.9 Å². The fourth-order valence-electron chi connectivity index (χ4n) is 3.34. The van der Waals surface area contributed by atoms with Crippen LogP contribution < -0.4 is 5.32 Å². The van der Waals surface area contributed by atoms with Crippen LogP contribution in [0.5, 0.6) is 0 Å². The van der Waals surface area contributed by atoms with Gasteiger partial charge in [-0.25, -0.2) is 0 Å². The average molecular weight is 290 g/mol. The molecular formula is C18H30N2O. The number of aryl methyl sites for hydroxylation is 1. The zero-order valence-corrected chi connectivity index (χ0v) is 14.1. The third kappa shape index (κ3) is 4.80. The highest BCUT2D eigenvalue weighted by Crippen LogP contribution is 2.23. The molecule has 0 spiro atoms. The first-order valence-corrected chi connectivity index (χ1v) is 8.03. The Morgan fingerprint density at radius 1 is 1.33 bits per heavy atom. The molecule has 21 heavy (non-hydrogen) atoms. The minimum Gasteiger partial charge on any atom is -0.370 e. The van der Waals surface area contributed by atoms with Crippen LogP contribution in [0, 0.1) is 6.92 Å². The van der Waals surface area contributed by atoms with Crippen LogP contribution in [0.2, 0.25) is 0 Å². The van der Waals surface area contributed by atoms with E-state index in [9.17, 15) is 0 Å². The van der Waals surface area contributed by atoms with E-state index in [4.69, 9.17) is 4.74 Å². The zero-order valence-electron chi connectivity index (χ0n) is 14.1. The molecule has 1 aromatic rings. The van der Waals surface area contributed by atoms with Crippen LogP contribution in [0.15, 0.2) is 24.3 Å². The lowest BCUT2D eigenvalue weighted by Crippen LogP contribution is -2.52. The molecule has 0 radical (unpaired) electrons. The van der Waals surface area contributed by atoms with Gasteiger partial charge < -0.3 is 10.1 Å². The largest absolute Gasteiger partial charge is 0.370 e. The number of hydrogen-bond acceptors (Lipinski definition) is 3. The maximum Gasteiger partial charge on any atom is 0.0757 e. The van der Waals surface area contributed by atoms with Crippen molar-refractivity contribution < 1.29 is 4.74 Å². The van der Waals surface area contributed by atoms with Crippen molar-refractivity contribution in [3.8, 4) is 0 Å². The molecule has 1 fully saturated rings. The number of benzene rings is 1. The van der Waals surface area contributed by atoms with E-state index < -0.39 is 0 Å². The first kappa shape index (κ1) is 16.5. The van der Waals surface area contributed by atoms with E-state index in [0.29, 0.717) is 12.1 Å². The second-order valence-corrected chi connectivity index (χ2v) is 6.96. The maximum atomic E-state index is 5.98. The van der Waals surface area contributed by atoms with E-state index in [1.165, 1.54) is 11.1 Å². The Balaban J connectivity index is 1.92. The van der Waals surface area contributed by atoms with Gasteiger partial charge in [0.25, 0.3) is 0 Å². The summed E-state index contributed by atoms with van der Waals surface area (Å²) in [7, 11) is 2.05. The fourth-order valence-corrected chi connectivity index (χ4v) is 3.34. The predicted octanol–water partition coefficient (Wildman–Crippen LogP) is 3.14. The molecule has 2 rings (SSSR count). The molecule has 2 atom stereocenters. The normalized spacial score (nSPS) is 24.0. The van der Waals surface area contributed by atoms with Crippen molar-refractivity contribution in [2.24, 2.45) is 0 Å². The summed E-state index contributed by atoms with van der Waals surface area (Å²) in [6, 6.07) is 9.29.